The van der Waals surface area contributed by atoms with Crippen molar-refractivity contribution in [2.45, 2.75) is 12.1 Å². The van der Waals surface area contributed by atoms with Gasteiger partial charge in [-0.05, 0) is 18.2 Å². The fourth-order valence-corrected chi connectivity index (χ4v) is 2.28. The van der Waals surface area contributed by atoms with Crippen LogP contribution in [0.5, 0.6) is 0 Å². The van der Waals surface area contributed by atoms with Gasteiger partial charge in [-0.2, -0.15) is 5.10 Å². The summed E-state index contributed by atoms with van der Waals surface area (Å²) in [5.41, 5.74) is 1.59. The highest BCUT2D eigenvalue weighted by atomic mass is 32.2. The van der Waals surface area contributed by atoms with Crippen LogP contribution in [0.25, 0.3) is 10.9 Å². The number of anilines is 1. The van der Waals surface area contributed by atoms with E-state index < -0.39 is 0 Å². The van der Waals surface area contributed by atoms with Crippen LogP contribution in [0.1, 0.15) is 5.89 Å². The first-order valence-electron chi connectivity index (χ1n) is 5.86. The van der Waals surface area contributed by atoms with Crippen LogP contribution in [0, 0.1) is 6.92 Å². The van der Waals surface area contributed by atoms with E-state index in [9.17, 15) is 4.79 Å². The molecule has 0 unspecified atom stereocenters. The van der Waals surface area contributed by atoms with E-state index in [1.54, 1.807) is 13.1 Å². The minimum atomic E-state index is -0.135. The summed E-state index contributed by atoms with van der Waals surface area (Å²) in [6.07, 6.45) is 1.73. The standard InChI is InChI=1S/C12H11N5O2S/c1-7-15-17-12(19-7)20-6-11(18)14-9-3-2-8-5-13-16-10(8)4-9/h2-5H,6H2,1H3,(H,13,16)(H,14,18). The van der Waals surface area contributed by atoms with Gasteiger partial charge in [0.25, 0.3) is 5.22 Å². The summed E-state index contributed by atoms with van der Waals surface area (Å²) < 4.78 is 5.18. The van der Waals surface area contributed by atoms with Crippen LogP contribution >= 0.6 is 11.8 Å². The number of carbonyl (C=O) groups is 1. The Morgan fingerprint density at radius 1 is 1.45 bits per heavy atom. The average Bonchev–Trinajstić information content (AvgIpc) is 3.04. The highest BCUT2D eigenvalue weighted by Gasteiger charge is 2.08. The van der Waals surface area contributed by atoms with Crippen molar-refractivity contribution in [1.82, 2.24) is 20.4 Å². The molecule has 0 aliphatic carbocycles. The van der Waals surface area contributed by atoms with E-state index >= 15 is 0 Å². The molecule has 1 aromatic carbocycles. The van der Waals surface area contributed by atoms with E-state index in [0.29, 0.717) is 16.8 Å². The van der Waals surface area contributed by atoms with Gasteiger partial charge >= 0.3 is 0 Å². The maximum Gasteiger partial charge on any atom is 0.277 e. The number of nitrogens with zero attached hydrogens (tertiary/aromatic N) is 3. The van der Waals surface area contributed by atoms with Crippen molar-refractivity contribution in [3.8, 4) is 0 Å². The van der Waals surface area contributed by atoms with Gasteiger partial charge in [0.2, 0.25) is 11.8 Å². The highest BCUT2D eigenvalue weighted by molar-refractivity contribution is 7.99. The van der Waals surface area contributed by atoms with Gasteiger partial charge in [0.05, 0.1) is 17.5 Å². The van der Waals surface area contributed by atoms with E-state index in [-0.39, 0.29) is 11.7 Å². The van der Waals surface area contributed by atoms with Crippen LogP contribution in [-0.2, 0) is 4.79 Å². The number of hydrogen-bond donors (Lipinski definition) is 2. The first kappa shape index (κ1) is 12.7. The summed E-state index contributed by atoms with van der Waals surface area (Å²) >= 11 is 1.20. The number of rotatable bonds is 4. The molecule has 0 saturated carbocycles. The topological polar surface area (TPSA) is 96.7 Å². The molecule has 1 amide bonds. The maximum atomic E-state index is 11.8. The first-order chi connectivity index (χ1) is 9.70. The second-order valence-corrected chi connectivity index (χ2v) is 5.02. The number of aromatic nitrogens is 4. The molecule has 0 bridgehead atoms. The number of carbonyl (C=O) groups excluding carboxylic acids is 1. The molecule has 8 heteroatoms. The number of thioether (sulfide) groups is 1. The SMILES string of the molecule is Cc1nnc(SCC(=O)Nc2ccc3cn[nH]c3c2)o1. The summed E-state index contributed by atoms with van der Waals surface area (Å²) in [6.45, 7) is 1.71. The van der Waals surface area contributed by atoms with Crippen LogP contribution in [0.15, 0.2) is 34.0 Å². The Morgan fingerprint density at radius 2 is 2.35 bits per heavy atom. The zero-order chi connectivity index (χ0) is 13.9. The lowest BCUT2D eigenvalue weighted by Gasteiger charge is -2.03. The summed E-state index contributed by atoms with van der Waals surface area (Å²) in [7, 11) is 0. The van der Waals surface area contributed by atoms with Gasteiger partial charge < -0.3 is 9.73 Å². The highest BCUT2D eigenvalue weighted by Crippen LogP contribution is 2.18. The molecule has 0 aliphatic rings. The second kappa shape index (κ2) is 5.33. The molecule has 102 valence electrons. The fraction of sp³-hybridized carbons (Fsp3) is 0.167. The molecule has 0 radical (unpaired) electrons. The predicted octanol–water partition coefficient (Wildman–Crippen LogP) is 1.99. The van der Waals surface area contributed by atoms with Crippen LogP contribution in [-0.4, -0.2) is 32.1 Å². The molecule has 20 heavy (non-hydrogen) atoms. The molecule has 0 aliphatic heterocycles. The van der Waals surface area contributed by atoms with Crippen molar-refractivity contribution in [2.75, 3.05) is 11.1 Å². The Kier molecular flexibility index (Phi) is 3.38. The zero-order valence-corrected chi connectivity index (χ0v) is 11.4. The van der Waals surface area contributed by atoms with Gasteiger partial charge in [-0.15, -0.1) is 10.2 Å². The Bertz CT molecular complexity index is 751. The summed E-state index contributed by atoms with van der Waals surface area (Å²) in [6, 6.07) is 5.56. The summed E-state index contributed by atoms with van der Waals surface area (Å²) in [5.74, 6) is 0.560. The van der Waals surface area contributed by atoms with Crippen LogP contribution in [0.3, 0.4) is 0 Å². The molecule has 0 spiro atoms. The first-order valence-corrected chi connectivity index (χ1v) is 6.85. The van der Waals surface area contributed by atoms with Crippen molar-refractivity contribution in [2.24, 2.45) is 0 Å². The lowest BCUT2D eigenvalue weighted by Crippen LogP contribution is -2.13. The number of nitrogens with one attached hydrogen (secondary N) is 2. The largest absolute Gasteiger partial charge is 0.416 e. The molecule has 0 fully saturated rings. The zero-order valence-electron chi connectivity index (χ0n) is 10.6. The third-order valence-electron chi connectivity index (χ3n) is 2.56. The van der Waals surface area contributed by atoms with Crippen LogP contribution in [0.2, 0.25) is 0 Å². The fourth-order valence-electron chi connectivity index (χ4n) is 1.68. The van der Waals surface area contributed by atoms with Crippen molar-refractivity contribution in [3.63, 3.8) is 0 Å². The van der Waals surface area contributed by atoms with E-state index in [4.69, 9.17) is 4.42 Å². The van der Waals surface area contributed by atoms with E-state index in [0.717, 1.165) is 10.9 Å². The van der Waals surface area contributed by atoms with Crippen molar-refractivity contribution in [1.29, 1.82) is 0 Å². The molecule has 2 N–H and O–H groups in total. The molecular weight excluding hydrogens is 278 g/mol. The minimum Gasteiger partial charge on any atom is -0.416 e. The smallest absolute Gasteiger partial charge is 0.277 e. The third kappa shape index (κ3) is 2.80. The lowest BCUT2D eigenvalue weighted by molar-refractivity contribution is -0.113. The molecule has 3 rings (SSSR count). The normalized spacial score (nSPS) is 10.8. The quantitative estimate of drug-likeness (QED) is 0.713. The van der Waals surface area contributed by atoms with Crippen molar-refractivity contribution < 1.29 is 9.21 Å². The number of amides is 1. The molecule has 2 aromatic heterocycles. The second-order valence-electron chi connectivity index (χ2n) is 4.10. The third-order valence-corrected chi connectivity index (χ3v) is 3.38. The Labute approximate surface area is 118 Å². The number of aromatic amines is 1. The van der Waals surface area contributed by atoms with E-state index in [1.807, 2.05) is 18.2 Å². The van der Waals surface area contributed by atoms with Gasteiger partial charge in [-0.3, -0.25) is 9.89 Å². The van der Waals surface area contributed by atoms with Gasteiger partial charge in [-0.1, -0.05) is 11.8 Å². The predicted molar refractivity (Wildman–Crippen MR) is 74.5 cm³/mol. The molecule has 3 aromatic rings. The van der Waals surface area contributed by atoms with Gasteiger partial charge in [-0.25, -0.2) is 0 Å². The average molecular weight is 289 g/mol. The van der Waals surface area contributed by atoms with Crippen LogP contribution in [0.4, 0.5) is 5.69 Å². The molecule has 7 nitrogen and oxygen atoms in total. The van der Waals surface area contributed by atoms with Crippen LogP contribution < -0.4 is 5.32 Å². The van der Waals surface area contributed by atoms with Crippen molar-refractivity contribution >= 4 is 34.3 Å². The summed E-state index contributed by atoms with van der Waals surface area (Å²) in [5, 5.41) is 18.5. The number of benzene rings is 1. The van der Waals surface area contributed by atoms with E-state index in [1.165, 1.54) is 11.8 Å². The Balaban J connectivity index is 1.60. The van der Waals surface area contributed by atoms with E-state index in [2.05, 4.69) is 25.7 Å². The Morgan fingerprint density at radius 3 is 3.15 bits per heavy atom. The maximum absolute atomic E-state index is 11.8. The van der Waals surface area contributed by atoms with Gasteiger partial charge in [0, 0.05) is 18.0 Å². The molecule has 2 heterocycles. The molecular formula is C12H11N5O2S. The molecule has 0 atom stereocenters. The Hall–Kier alpha value is -2.35. The lowest BCUT2D eigenvalue weighted by atomic mass is 10.2. The summed E-state index contributed by atoms with van der Waals surface area (Å²) in [4.78, 5) is 11.8. The number of H-pyrrole nitrogens is 1. The monoisotopic (exact) mass is 289 g/mol. The number of hydrogen-bond acceptors (Lipinski definition) is 6. The molecule has 0 saturated heterocycles. The van der Waals surface area contributed by atoms with Gasteiger partial charge in [0.1, 0.15) is 0 Å². The van der Waals surface area contributed by atoms with Crippen molar-refractivity contribution in [3.05, 3.63) is 30.3 Å². The number of fused-ring (bicyclic) bond motifs is 1. The minimum absolute atomic E-state index is 0.135. The van der Waals surface area contributed by atoms with Gasteiger partial charge in [0.15, 0.2) is 0 Å². The number of aryl methyl sites for hydroxylation is 1.